The lowest BCUT2D eigenvalue weighted by Crippen LogP contribution is -2.01. The maximum absolute atomic E-state index is 8.89. The summed E-state index contributed by atoms with van der Waals surface area (Å²) < 4.78 is 0. The van der Waals surface area contributed by atoms with Crippen LogP contribution < -0.4 is 0 Å². The van der Waals surface area contributed by atoms with Crippen molar-refractivity contribution in [2.75, 3.05) is 0 Å². The first kappa shape index (κ1) is 8.78. The Morgan fingerprint density at radius 2 is 2.00 bits per heavy atom. The number of thiol groups is 1. The molecule has 4 nitrogen and oxygen atoms in total. The predicted octanol–water partition coefficient (Wildman–Crippen LogP) is 1.43. The number of nitrogens with zero attached hydrogens (tertiary/aromatic N) is 4. The van der Waals surface area contributed by atoms with Gasteiger partial charge in [0.05, 0.1) is 18.0 Å². The van der Waals surface area contributed by atoms with Gasteiger partial charge in [-0.2, -0.15) is 20.3 Å². The highest BCUT2D eigenvalue weighted by atomic mass is 32.1. The molecular weight excluding hydrogens is 196 g/mol. The Kier molecular flexibility index (Phi) is 2.21. The van der Waals surface area contributed by atoms with Gasteiger partial charge in [-0.3, -0.25) is 0 Å². The first-order valence-electron chi connectivity index (χ1n) is 3.91. The number of aromatic nitrogens is 3. The summed E-state index contributed by atoms with van der Waals surface area (Å²) in [5, 5.41) is 16.8. The second-order valence-electron chi connectivity index (χ2n) is 2.63. The summed E-state index contributed by atoms with van der Waals surface area (Å²) in [6, 6.07) is 7.32. The normalized spacial score (nSPS) is 9.71. The topological polar surface area (TPSA) is 54.5 Å². The number of rotatable bonds is 1. The lowest BCUT2D eigenvalue weighted by molar-refractivity contribution is 0.749. The fourth-order valence-corrected chi connectivity index (χ4v) is 1.33. The molecule has 0 fully saturated rings. The van der Waals surface area contributed by atoms with E-state index in [2.05, 4.69) is 28.9 Å². The number of benzene rings is 1. The Labute approximate surface area is 86.2 Å². The van der Waals surface area contributed by atoms with Gasteiger partial charge in [-0.25, -0.2) is 0 Å². The van der Waals surface area contributed by atoms with Crippen molar-refractivity contribution in [2.24, 2.45) is 0 Å². The SMILES string of the molecule is N#Cc1cc(S)ccc1-n1nccn1. The summed E-state index contributed by atoms with van der Waals surface area (Å²) in [6.07, 6.45) is 3.13. The van der Waals surface area contributed by atoms with E-state index in [9.17, 15) is 0 Å². The van der Waals surface area contributed by atoms with E-state index < -0.39 is 0 Å². The molecule has 14 heavy (non-hydrogen) atoms. The zero-order valence-electron chi connectivity index (χ0n) is 7.12. The zero-order valence-corrected chi connectivity index (χ0v) is 8.02. The van der Waals surface area contributed by atoms with Gasteiger partial charge in [-0.1, -0.05) is 0 Å². The molecule has 0 aliphatic carbocycles. The molecule has 1 aromatic carbocycles. The fraction of sp³-hybridized carbons (Fsp3) is 0. The van der Waals surface area contributed by atoms with Crippen molar-refractivity contribution in [1.82, 2.24) is 15.0 Å². The van der Waals surface area contributed by atoms with Crippen LogP contribution in [0.5, 0.6) is 0 Å². The molecule has 0 saturated carbocycles. The van der Waals surface area contributed by atoms with E-state index in [1.165, 1.54) is 4.80 Å². The van der Waals surface area contributed by atoms with Crippen LogP contribution in [0.25, 0.3) is 5.69 Å². The summed E-state index contributed by atoms with van der Waals surface area (Å²) in [4.78, 5) is 2.16. The number of nitriles is 1. The Morgan fingerprint density at radius 1 is 1.29 bits per heavy atom. The van der Waals surface area contributed by atoms with E-state index in [-0.39, 0.29) is 0 Å². The molecule has 0 radical (unpaired) electrons. The Hall–Kier alpha value is -1.80. The summed E-state index contributed by atoms with van der Waals surface area (Å²) in [5.41, 5.74) is 1.17. The first-order valence-corrected chi connectivity index (χ1v) is 4.36. The van der Waals surface area contributed by atoms with E-state index in [0.29, 0.717) is 11.3 Å². The van der Waals surface area contributed by atoms with Gasteiger partial charge in [0.15, 0.2) is 0 Å². The molecule has 0 atom stereocenters. The molecule has 5 heteroatoms. The van der Waals surface area contributed by atoms with E-state index in [0.717, 1.165) is 4.90 Å². The molecule has 0 amide bonds. The number of hydrogen-bond acceptors (Lipinski definition) is 4. The lowest BCUT2D eigenvalue weighted by Gasteiger charge is -2.02. The van der Waals surface area contributed by atoms with Crippen molar-refractivity contribution < 1.29 is 0 Å². The van der Waals surface area contributed by atoms with Gasteiger partial charge in [-0.05, 0) is 18.2 Å². The smallest absolute Gasteiger partial charge is 0.103 e. The van der Waals surface area contributed by atoms with Gasteiger partial charge in [0.2, 0.25) is 0 Å². The molecule has 0 spiro atoms. The van der Waals surface area contributed by atoms with E-state index in [1.54, 1.807) is 30.6 Å². The van der Waals surface area contributed by atoms with Gasteiger partial charge in [0.25, 0.3) is 0 Å². The van der Waals surface area contributed by atoms with Crippen molar-refractivity contribution in [1.29, 1.82) is 5.26 Å². The van der Waals surface area contributed by atoms with Crippen molar-refractivity contribution in [2.45, 2.75) is 4.90 Å². The zero-order chi connectivity index (χ0) is 9.97. The molecule has 2 rings (SSSR count). The van der Waals surface area contributed by atoms with Gasteiger partial charge in [-0.15, -0.1) is 12.6 Å². The minimum absolute atomic E-state index is 0.508. The summed E-state index contributed by atoms with van der Waals surface area (Å²) in [5.74, 6) is 0. The third-order valence-electron chi connectivity index (χ3n) is 1.73. The largest absolute Gasteiger partial charge is 0.192 e. The van der Waals surface area contributed by atoms with E-state index in [1.807, 2.05) is 0 Å². The molecule has 1 heterocycles. The molecule has 2 aromatic rings. The van der Waals surface area contributed by atoms with E-state index in [4.69, 9.17) is 5.26 Å². The highest BCUT2D eigenvalue weighted by Gasteiger charge is 2.05. The van der Waals surface area contributed by atoms with Gasteiger partial charge >= 0.3 is 0 Å². The van der Waals surface area contributed by atoms with E-state index >= 15 is 0 Å². The lowest BCUT2D eigenvalue weighted by atomic mass is 10.2. The molecule has 0 N–H and O–H groups in total. The highest BCUT2D eigenvalue weighted by molar-refractivity contribution is 7.80. The van der Waals surface area contributed by atoms with Crippen LogP contribution in [0.2, 0.25) is 0 Å². The fourth-order valence-electron chi connectivity index (χ4n) is 1.13. The molecule has 0 unspecified atom stereocenters. The van der Waals surface area contributed by atoms with Crippen LogP contribution in [0.4, 0.5) is 0 Å². The number of hydrogen-bond donors (Lipinski definition) is 1. The molecular formula is C9H6N4S. The van der Waals surface area contributed by atoms with Crippen LogP contribution in [-0.2, 0) is 0 Å². The molecule has 1 aromatic heterocycles. The predicted molar refractivity (Wildman–Crippen MR) is 53.3 cm³/mol. The van der Waals surface area contributed by atoms with Crippen molar-refractivity contribution in [3.05, 3.63) is 36.2 Å². The third kappa shape index (κ3) is 1.47. The quantitative estimate of drug-likeness (QED) is 0.712. The van der Waals surface area contributed by atoms with Crippen LogP contribution in [0.15, 0.2) is 35.5 Å². The van der Waals surface area contributed by atoms with Crippen molar-refractivity contribution in [3.8, 4) is 11.8 Å². The maximum Gasteiger partial charge on any atom is 0.103 e. The highest BCUT2D eigenvalue weighted by Crippen LogP contribution is 2.16. The Morgan fingerprint density at radius 3 is 2.64 bits per heavy atom. The molecule has 0 aliphatic rings. The maximum atomic E-state index is 8.89. The monoisotopic (exact) mass is 202 g/mol. The molecule has 68 valence electrons. The second kappa shape index (κ2) is 3.52. The van der Waals surface area contributed by atoms with Gasteiger partial charge in [0, 0.05) is 4.90 Å². The minimum Gasteiger partial charge on any atom is -0.192 e. The van der Waals surface area contributed by atoms with Crippen LogP contribution in [0, 0.1) is 11.3 Å². The summed E-state index contributed by atoms with van der Waals surface area (Å²) in [7, 11) is 0. The van der Waals surface area contributed by atoms with Crippen LogP contribution in [0.1, 0.15) is 5.56 Å². The standard InChI is InChI=1S/C9H6N4S/c10-6-7-5-8(14)1-2-9(7)13-11-3-4-12-13/h1-5,14H. The average molecular weight is 202 g/mol. The molecule has 0 bridgehead atoms. The third-order valence-corrected chi connectivity index (χ3v) is 2.01. The van der Waals surface area contributed by atoms with Crippen LogP contribution in [0.3, 0.4) is 0 Å². The van der Waals surface area contributed by atoms with Gasteiger partial charge < -0.3 is 0 Å². The Bertz CT molecular complexity index is 484. The first-order chi connectivity index (χ1) is 6.81. The summed E-state index contributed by atoms with van der Waals surface area (Å²) in [6.45, 7) is 0. The average Bonchev–Trinajstić information content (AvgIpc) is 2.70. The molecule has 0 aliphatic heterocycles. The minimum atomic E-state index is 0.508. The second-order valence-corrected chi connectivity index (χ2v) is 3.15. The van der Waals surface area contributed by atoms with Crippen LogP contribution in [-0.4, -0.2) is 15.0 Å². The summed E-state index contributed by atoms with van der Waals surface area (Å²) >= 11 is 4.15. The van der Waals surface area contributed by atoms with Crippen LogP contribution >= 0.6 is 12.6 Å². The van der Waals surface area contributed by atoms with Crippen molar-refractivity contribution in [3.63, 3.8) is 0 Å². The molecule has 0 saturated heterocycles. The van der Waals surface area contributed by atoms with Crippen molar-refractivity contribution >= 4 is 12.6 Å². The Balaban J connectivity index is 2.60. The van der Waals surface area contributed by atoms with Gasteiger partial charge in [0.1, 0.15) is 11.8 Å².